The summed E-state index contributed by atoms with van der Waals surface area (Å²) in [7, 11) is 0. The predicted molar refractivity (Wildman–Crippen MR) is 130 cm³/mol. The molecular weight excluding hydrogens is 471 g/mol. The molecular formula is C22H18Cl2N4OS2. The average molecular weight is 489 g/mol. The van der Waals surface area contributed by atoms with Crippen LogP contribution in [0, 0.1) is 6.92 Å². The molecule has 0 bridgehead atoms. The lowest BCUT2D eigenvalue weighted by Gasteiger charge is -2.14. The van der Waals surface area contributed by atoms with E-state index in [1.54, 1.807) is 29.5 Å². The van der Waals surface area contributed by atoms with Crippen LogP contribution in [0.3, 0.4) is 0 Å². The van der Waals surface area contributed by atoms with E-state index in [0.717, 1.165) is 22.0 Å². The van der Waals surface area contributed by atoms with Crippen LogP contribution in [-0.2, 0) is 4.79 Å². The zero-order valence-corrected chi connectivity index (χ0v) is 19.8. The number of amides is 1. The van der Waals surface area contributed by atoms with Gasteiger partial charge in [-0.1, -0.05) is 64.8 Å². The molecule has 1 amide bonds. The summed E-state index contributed by atoms with van der Waals surface area (Å²) < 4.78 is 1.98. The Morgan fingerprint density at radius 1 is 1.10 bits per heavy atom. The lowest BCUT2D eigenvalue weighted by Crippen LogP contribution is -2.23. The molecule has 4 rings (SSSR count). The van der Waals surface area contributed by atoms with Crippen LogP contribution < -0.4 is 5.32 Å². The summed E-state index contributed by atoms with van der Waals surface area (Å²) in [6, 6.07) is 17.2. The molecule has 0 aliphatic carbocycles. The van der Waals surface area contributed by atoms with Crippen LogP contribution >= 0.6 is 46.3 Å². The minimum absolute atomic E-state index is 0.203. The number of hydrogen-bond acceptors (Lipinski definition) is 5. The van der Waals surface area contributed by atoms with Crippen LogP contribution in [0.5, 0.6) is 0 Å². The number of nitrogens with one attached hydrogen (secondary N) is 1. The van der Waals surface area contributed by atoms with E-state index in [1.165, 1.54) is 11.8 Å². The smallest absolute Gasteiger partial charge is 0.237 e. The van der Waals surface area contributed by atoms with Gasteiger partial charge in [0.2, 0.25) is 5.91 Å². The summed E-state index contributed by atoms with van der Waals surface area (Å²) in [5.74, 6) is 0.539. The number of rotatable bonds is 6. The molecule has 1 atom stereocenters. The summed E-state index contributed by atoms with van der Waals surface area (Å²) in [6.45, 7) is 3.86. The fourth-order valence-electron chi connectivity index (χ4n) is 2.88. The number of thiophene rings is 1. The van der Waals surface area contributed by atoms with E-state index in [9.17, 15) is 4.79 Å². The maximum absolute atomic E-state index is 12.8. The average Bonchev–Trinajstić information content (AvgIpc) is 3.42. The van der Waals surface area contributed by atoms with Crippen molar-refractivity contribution in [3.8, 4) is 16.4 Å². The molecule has 0 aliphatic heterocycles. The van der Waals surface area contributed by atoms with Gasteiger partial charge in [0.1, 0.15) is 0 Å². The third kappa shape index (κ3) is 4.80. The van der Waals surface area contributed by atoms with Gasteiger partial charge in [-0.2, -0.15) is 0 Å². The van der Waals surface area contributed by atoms with Gasteiger partial charge >= 0.3 is 0 Å². The number of carbonyl (C=O) groups excluding carboxylic acids is 1. The monoisotopic (exact) mass is 488 g/mol. The molecule has 0 spiro atoms. The van der Waals surface area contributed by atoms with E-state index in [2.05, 4.69) is 15.5 Å². The first-order valence-corrected chi connectivity index (χ1v) is 11.9. The molecule has 0 radical (unpaired) electrons. The Labute approximate surface area is 198 Å². The molecule has 2 aromatic heterocycles. The standard InChI is InChI=1S/C22H18Cl2N4OS2/c1-13-8-10-15(11-9-13)28-20(18-7-4-12-30-18)26-27-22(28)31-14(2)21(29)25-17-6-3-5-16(23)19(17)24/h3-12,14H,1-2H3,(H,25,29)/t14-/m1/s1. The first-order valence-electron chi connectivity index (χ1n) is 9.42. The Bertz CT molecular complexity index is 1210. The molecule has 2 heterocycles. The van der Waals surface area contributed by atoms with E-state index < -0.39 is 5.25 Å². The molecule has 2 aromatic carbocycles. The fraction of sp³-hybridized carbons (Fsp3) is 0.136. The normalized spacial score (nSPS) is 12.0. The Balaban J connectivity index is 1.62. The SMILES string of the molecule is Cc1ccc(-n2c(S[C@H](C)C(=O)Nc3cccc(Cl)c3Cl)nnc2-c2cccs2)cc1. The fourth-order valence-corrected chi connectivity index (χ4v) is 4.80. The van der Waals surface area contributed by atoms with Crippen LogP contribution in [-0.4, -0.2) is 25.9 Å². The van der Waals surface area contributed by atoms with E-state index in [-0.39, 0.29) is 5.91 Å². The molecule has 0 unspecified atom stereocenters. The predicted octanol–water partition coefficient (Wildman–Crippen LogP) is 6.73. The third-order valence-corrected chi connectivity index (χ3v) is 7.26. The number of hydrogen-bond donors (Lipinski definition) is 1. The molecule has 0 aliphatic rings. The Morgan fingerprint density at radius 3 is 2.58 bits per heavy atom. The quantitative estimate of drug-likeness (QED) is 0.305. The zero-order chi connectivity index (χ0) is 22.0. The highest BCUT2D eigenvalue weighted by Gasteiger charge is 2.23. The van der Waals surface area contributed by atoms with Crippen molar-refractivity contribution in [2.75, 3.05) is 5.32 Å². The zero-order valence-electron chi connectivity index (χ0n) is 16.7. The summed E-state index contributed by atoms with van der Waals surface area (Å²) in [6.07, 6.45) is 0. The number of benzene rings is 2. The van der Waals surface area contributed by atoms with E-state index in [1.807, 2.05) is 60.2 Å². The van der Waals surface area contributed by atoms with Crippen molar-refractivity contribution < 1.29 is 4.79 Å². The maximum Gasteiger partial charge on any atom is 0.237 e. The summed E-state index contributed by atoms with van der Waals surface area (Å²) in [5.41, 5.74) is 2.58. The van der Waals surface area contributed by atoms with Gasteiger partial charge in [-0.25, -0.2) is 0 Å². The molecule has 0 fully saturated rings. The van der Waals surface area contributed by atoms with Crippen LogP contribution in [0.4, 0.5) is 5.69 Å². The summed E-state index contributed by atoms with van der Waals surface area (Å²) in [4.78, 5) is 13.8. The van der Waals surface area contributed by atoms with Crippen molar-refractivity contribution in [1.82, 2.24) is 14.8 Å². The van der Waals surface area contributed by atoms with Crippen LogP contribution in [0.1, 0.15) is 12.5 Å². The number of nitrogens with zero attached hydrogens (tertiary/aromatic N) is 3. The van der Waals surface area contributed by atoms with Gasteiger partial charge in [0.05, 0.1) is 25.9 Å². The van der Waals surface area contributed by atoms with Gasteiger partial charge in [0.15, 0.2) is 11.0 Å². The van der Waals surface area contributed by atoms with Gasteiger partial charge in [-0.3, -0.25) is 9.36 Å². The van der Waals surface area contributed by atoms with Crippen LogP contribution in [0.2, 0.25) is 10.0 Å². The van der Waals surface area contributed by atoms with E-state index in [4.69, 9.17) is 23.2 Å². The molecule has 0 saturated carbocycles. The molecule has 1 N–H and O–H groups in total. The topological polar surface area (TPSA) is 59.8 Å². The molecule has 158 valence electrons. The van der Waals surface area contributed by atoms with Crippen LogP contribution in [0.25, 0.3) is 16.4 Å². The van der Waals surface area contributed by atoms with E-state index in [0.29, 0.717) is 20.9 Å². The minimum Gasteiger partial charge on any atom is -0.324 e. The van der Waals surface area contributed by atoms with Crippen molar-refractivity contribution in [3.05, 3.63) is 75.6 Å². The molecule has 0 saturated heterocycles. The highest BCUT2D eigenvalue weighted by molar-refractivity contribution is 8.00. The highest BCUT2D eigenvalue weighted by atomic mass is 35.5. The highest BCUT2D eigenvalue weighted by Crippen LogP contribution is 2.33. The largest absolute Gasteiger partial charge is 0.324 e. The lowest BCUT2D eigenvalue weighted by atomic mass is 10.2. The number of halogens is 2. The van der Waals surface area contributed by atoms with Gasteiger partial charge in [-0.15, -0.1) is 21.5 Å². The van der Waals surface area contributed by atoms with Crippen molar-refractivity contribution in [2.24, 2.45) is 0 Å². The van der Waals surface area contributed by atoms with Crippen molar-refractivity contribution in [3.63, 3.8) is 0 Å². The molecule has 5 nitrogen and oxygen atoms in total. The van der Waals surface area contributed by atoms with E-state index >= 15 is 0 Å². The number of thioether (sulfide) groups is 1. The van der Waals surface area contributed by atoms with Crippen molar-refractivity contribution in [2.45, 2.75) is 24.3 Å². The number of aromatic nitrogens is 3. The molecule has 31 heavy (non-hydrogen) atoms. The van der Waals surface area contributed by atoms with Gasteiger partial charge in [0, 0.05) is 5.69 Å². The maximum atomic E-state index is 12.8. The first-order chi connectivity index (χ1) is 14.9. The van der Waals surface area contributed by atoms with Gasteiger partial charge in [-0.05, 0) is 49.6 Å². The molecule has 4 aromatic rings. The van der Waals surface area contributed by atoms with Crippen molar-refractivity contribution >= 4 is 57.9 Å². The van der Waals surface area contributed by atoms with Gasteiger partial charge < -0.3 is 5.32 Å². The Kier molecular flexibility index (Phi) is 6.67. The van der Waals surface area contributed by atoms with Crippen molar-refractivity contribution in [1.29, 1.82) is 0 Å². The number of anilines is 1. The first kappa shape index (κ1) is 21.9. The van der Waals surface area contributed by atoms with Gasteiger partial charge in [0.25, 0.3) is 0 Å². The molecule has 9 heteroatoms. The Hall–Kier alpha value is -2.32. The Morgan fingerprint density at radius 2 is 1.87 bits per heavy atom. The second-order valence-electron chi connectivity index (χ2n) is 6.81. The number of aryl methyl sites for hydroxylation is 1. The number of carbonyl (C=O) groups is 1. The second kappa shape index (κ2) is 9.44. The summed E-state index contributed by atoms with van der Waals surface area (Å²) in [5, 5.41) is 14.5. The second-order valence-corrected chi connectivity index (χ2v) is 9.85. The van der Waals surface area contributed by atoms with Crippen LogP contribution in [0.15, 0.2) is 65.1 Å². The third-order valence-electron chi connectivity index (χ3n) is 4.53. The lowest BCUT2D eigenvalue weighted by molar-refractivity contribution is -0.115. The minimum atomic E-state index is -0.445. The summed E-state index contributed by atoms with van der Waals surface area (Å²) >= 11 is 15.2.